The summed E-state index contributed by atoms with van der Waals surface area (Å²) in [5.41, 5.74) is 7.00. The van der Waals surface area contributed by atoms with Crippen LogP contribution in [0.15, 0.2) is 12.3 Å². The average molecular weight is 144 g/mol. The molecule has 0 bridgehead atoms. The van der Waals surface area contributed by atoms with Gasteiger partial charge in [0.15, 0.2) is 11.6 Å². The van der Waals surface area contributed by atoms with Crippen molar-refractivity contribution in [3.63, 3.8) is 0 Å². The van der Waals surface area contributed by atoms with Crippen LogP contribution in [0.4, 0.5) is 5.69 Å². The summed E-state index contributed by atoms with van der Waals surface area (Å²) in [4.78, 5) is 3.95. The quantitative estimate of drug-likeness (QED) is 0.580. The minimum atomic E-state index is 0.669. The van der Waals surface area contributed by atoms with Crippen molar-refractivity contribution in [3.8, 4) is 0 Å². The smallest absolute Gasteiger partial charge is 0.245 e. The van der Waals surface area contributed by atoms with Gasteiger partial charge < -0.3 is 5.73 Å². The maximum atomic E-state index is 5.49. The molecule has 0 radical (unpaired) electrons. The number of pyridine rings is 1. The molecule has 0 fully saturated rings. The van der Waals surface area contributed by atoms with Crippen LogP contribution in [0, 0.1) is 18.5 Å². The Morgan fingerprint density at radius 1 is 1.67 bits per heavy atom. The maximum Gasteiger partial charge on any atom is 0.245 e. The van der Waals surface area contributed by atoms with Gasteiger partial charge in [-0.15, -0.1) is 0 Å². The molecule has 9 heavy (non-hydrogen) atoms. The zero-order chi connectivity index (χ0) is 6.85. The van der Waals surface area contributed by atoms with Crippen molar-refractivity contribution in [2.75, 3.05) is 5.73 Å². The van der Waals surface area contributed by atoms with E-state index in [1.165, 1.54) is 0 Å². The molecule has 0 atom stereocenters. The molecule has 2 nitrogen and oxygen atoms in total. The van der Waals surface area contributed by atoms with Crippen LogP contribution in [0.2, 0.25) is 5.02 Å². The summed E-state index contributed by atoms with van der Waals surface area (Å²) in [6.07, 6.45) is 1.63. The highest BCUT2D eigenvalue weighted by molar-refractivity contribution is 5.42. The predicted octanol–water partition coefficient (Wildman–Crippen LogP) is 0.668. The Hall–Kier alpha value is -0.760. The van der Waals surface area contributed by atoms with Gasteiger partial charge in [-0.3, -0.25) is 4.98 Å². The predicted molar refractivity (Wildman–Crippen MR) is 33.9 cm³/mol. The highest BCUT2D eigenvalue weighted by atomic mass is 35.5. The van der Waals surface area contributed by atoms with E-state index in [1.54, 1.807) is 12.3 Å². The fourth-order valence-corrected chi connectivity index (χ4v) is 0.710. The average Bonchev–Trinajstić information content (AvgIpc) is 1.80. The number of nitrogen functional groups attached to an aromatic ring is 1. The third-order valence-electron chi connectivity index (χ3n) is 1.10. The fraction of sp³-hybridized carbons (Fsp3) is 0.167. The van der Waals surface area contributed by atoms with E-state index in [0.717, 1.165) is 5.69 Å². The van der Waals surface area contributed by atoms with Crippen molar-refractivity contribution in [3.05, 3.63) is 23.0 Å². The molecule has 0 amide bonds. The summed E-state index contributed by atoms with van der Waals surface area (Å²) in [6.45, 7) is 1.85. The minimum Gasteiger partial charge on any atom is -0.397 e. The Morgan fingerprint density at radius 3 is 2.78 bits per heavy atom. The second-order valence-electron chi connectivity index (χ2n) is 1.85. The molecule has 48 valence electrons. The molecule has 1 heterocycles. The molecule has 0 unspecified atom stereocenters. The summed E-state index contributed by atoms with van der Waals surface area (Å²) in [6, 6.07) is 1.73. The Bertz CT molecular complexity index is 222. The van der Waals surface area contributed by atoms with Gasteiger partial charge >= 0.3 is 0 Å². The zero-order valence-electron chi connectivity index (χ0n) is 5.09. The Balaban J connectivity index is 3.17. The van der Waals surface area contributed by atoms with Crippen LogP contribution in [-0.4, -0.2) is 4.98 Å². The topological polar surface area (TPSA) is 38.9 Å². The van der Waals surface area contributed by atoms with Gasteiger partial charge in [-0.1, -0.05) is 0 Å². The van der Waals surface area contributed by atoms with E-state index in [1.807, 2.05) is 6.92 Å². The fourth-order valence-electron chi connectivity index (χ4n) is 0.530. The van der Waals surface area contributed by atoms with Gasteiger partial charge in [0.1, 0.15) is 0 Å². The molecule has 1 aromatic heterocycles. The van der Waals surface area contributed by atoms with E-state index in [2.05, 4.69) is 4.98 Å². The van der Waals surface area contributed by atoms with Crippen molar-refractivity contribution >= 4 is 5.69 Å². The van der Waals surface area contributed by atoms with Crippen LogP contribution in [0.1, 0.15) is 5.69 Å². The van der Waals surface area contributed by atoms with Crippen LogP contribution in [0.5, 0.6) is 0 Å². The van der Waals surface area contributed by atoms with Gasteiger partial charge in [0.25, 0.3) is 0 Å². The molecule has 2 N–H and O–H groups in total. The largest absolute Gasteiger partial charge is 0.397 e. The van der Waals surface area contributed by atoms with E-state index in [9.17, 15) is 0 Å². The number of hydrogen-bond acceptors (Lipinski definition) is 2. The molecule has 0 aliphatic rings. The molecule has 0 aliphatic heterocycles. The van der Waals surface area contributed by atoms with Crippen molar-refractivity contribution in [1.82, 2.24) is 4.98 Å². The number of halogens is 1. The second kappa shape index (κ2) is 2.23. The molecule has 1 rings (SSSR count). The number of anilines is 1. The summed E-state index contributed by atoms with van der Waals surface area (Å²) < 4.78 is 0. The Labute approximate surface area is 58.7 Å². The number of nitrogens with zero attached hydrogens (tertiary/aromatic N) is 1. The molecule has 0 saturated heterocycles. The lowest BCUT2D eigenvalue weighted by Gasteiger charge is -1.92. The number of nitrogens with two attached hydrogens (primary N) is 1. The zero-order valence-corrected chi connectivity index (χ0v) is 5.90. The maximum absolute atomic E-state index is 5.49. The van der Waals surface area contributed by atoms with Crippen molar-refractivity contribution in [2.24, 2.45) is 0 Å². The molecular weight excluding hydrogens is 136 g/mol. The Morgan fingerprint density at radius 2 is 2.33 bits per heavy atom. The number of hydrogen-bond donors (Lipinski definition) is 1. The summed E-state index contributed by atoms with van der Waals surface area (Å²) in [5, 5.41) is 0.693. The first-order chi connectivity index (χ1) is 4.20. The summed E-state index contributed by atoms with van der Waals surface area (Å²) in [7, 11) is 0. The molecular formula is C6H8ClN2+. The first-order valence-corrected chi connectivity index (χ1v) is 3.00. The van der Waals surface area contributed by atoms with E-state index in [4.69, 9.17) is 17.3 Å². The first kappa shape index (κ1) is 6.36. The van der Waals surface area contributed by atoms with Crippen LogP contribution in [0.25, 0.3) is 0 Å². The first-order valence-electron chi connectivity index (χ1n) is 2.59. The van der Waals surface area contributed by atoms with Crippen molar-refractivity contribution in [1.29, 1.82) is 0 Å². The van der Waals surface area contributed by atoms with Gasteiger partial charge in [-0.2, -0.15) is 0 Å². The van der Waals surface area contributed by atoms with Gasteiger partial charge in [0.05, 0.1) is 17.6 Å². The number of aromatic nitrogens is 1. The molecule has 0 saturated carbocycles. The molecule has 0 spiro atoms. The second-order valence-corrected chi connectivity index (χ2v) is 2.32. The van der Waals surface area contributed by atoms with Gasteiger partial charge in [0, 0.05) is 6.07 Å². The van der Waals surface area contributed by atoms with Crippen LogP contribution >= 0.6 is 0 Å². The van der Waals surface area contributed by atoms with Crippen LogP contribution in [-0.2, 0) is 0 Å². The van der Waals surface area contributed by atoms with Crippen LogP contribution < -0.4 is 5.73 Å². The van der Waals surface area contributed by atoms with Crippen molar-refractivity contribution in [2.45, 2.75) is 6.92 Å². The van der Waals surface area contributed by atoms with Crippen LogP contribution in [0.3, 0.4) is 0 Å². The lowest BCUT2D eigenvalue weighted by Crippen LogP contribution is -1.91. The molecule has 1 aromatic rings. The normalized spacial score (nSPS) is 9.56. The highest BCUT2D eigenvalue weighted by Crippen LogP contribution is 2.08. The summed E-state index contributed by atoms with van der Waals surface area (Å²) in [5.74, 6) is 0. The lowest BCUT2D eigenvalue weighted by atomic mass is 10.3. The lowest BCUT2D eigenvalue weighted by molar-refractivity contribution is -0.289. The highest BCUT2D eigenvalue weighted by Gasteiger charge is 1.98. The van der Waals surface area contributed by atoms with E-state index < -0.39 is 0 Å². The number of rotatable bonds is 0. The van der Waals surface area contributed by atoms with E-state index in [-0.39, 0.29) is 0 Å². The third kappa shape index (κ3) is 1.33. The van der Waals surface area contributed by atoms with E-state index in [0.29, 0.717) is 10.7 Å². The monoisotopic (exact) mass is 143 g/mol. The number of aryl methyl sites for hydroxylation is 1. The Kier molecular flexibility index (Phi) is 1.58. The van der Waals surface area contributed by atoms with Gasteiger partial charge in [0.2, 0.25) is 5.02 Å². The molecule has 3 heteroatoms. The van der Waals surface area contributed by atoms with E-state index >= 15 is 0 Å². The minimum absolute atomic E-state index is 0.669. The van der Waals surface area contributed by atoms with Crippen molar-refractivity contribution < 1.29 is 11.6 Å². The summed E-state index contributed by atoms with van der Waals surface area (Å²) >= 11 is 4.82. The third-order valence-corrected chi connectivity index (χ3v) is 1.32. The standard InChI is InChI=1S/C6H8ClN2/c1-4-6(8)2-5(7)3-9-4/h2-3,7H,8H2,1H3/q+1. The van der Waals surface area contributed by atoms with Gasteiger partial charge in [-0.05, 0) is 6.92 Å². The molecule has 0 aliphatic carbocycles. The SMILES string of the molecule is Cc1ncc([ClH+])cc1N. The van der Waals surface area contributed by atoms with Gasteiger partial charge in [-0.25, -0.2) is 0 Å². The molecule has 0 aromatic carbocycles.